The third-order valence-electron chi connectivity index (χ3n) is 4.68. The molecule has 2 heterocycles. The van der Waals surface area contributed by atoms with Crippen LogP contribution in [0.5, 0.6) is 0 Å². The molecule has 2 amide bonds. The zero-order valence-electron chi connectivity index (χ0n) is 16.0. The summed E-state index contributed by atoms with van der Waals surface area (Å²) < 4.78 is 0. The topological polar surface area (TPSA) is 50.3 Å². The van der Waals surface area contributed by atoms with Crippen LogP contribution in [0.2, 0.25) is 0 Å². The van der Waals surface area contributed by atoms with Crippen LogP contribution in [0.3, 0.4) is 0 Å². The van der Waals surface area contributed by atoms with Crippen molar-refractivity contribution in [2.24, 2.45) is 0 Å². The van der Waals surface area contributed by atoms with E-state index in [9.17, 15) is 9.59 Å². The van der Waals surface area contributed by atoms with Crippen molar-refractivity contribution in [3.8, 4) is 0 Å². The normalized spacial score (nSPS) is 15.3. The van der Waals surface area contributed by atoms with Crippen molar-refractivity contribution in [1.82, 2.24) is 9.88 Å². The molecule has 0 radical (unpaired) electrons. The fourth-order valence-electron chi connectivity index (χ4n) is 3.42. The molecule has 0 aliphatic carbocycles. The number of rotatable bonds is 6. The maximum Gasteiger partial charge on any atom is 0.261 e. The number of aryl methyl sites for hydroxylation is 1. The average molecular weight is 360 g/mol. The molecule has 0 spiro atoms. The molecule has 0 saturated heterocycles. The van der Waals surface area contributed by atoms with Crippen molar-refractivity contribution in [3.63, 3.8) is 0 Å². The first-order valence-corrected chi connectivity index (χ1v) is 9.31. The molecule has 0 saturated carbocycles. The second-order valence-corrected chi connectivity index (χ2v) is 6.57. The molecular formula is C23H24N2O2. The molecule has 4 nitrogen and oxygen atoms in total. The summed E-state index contributed by atoms with van der Waals surface area (Å²) in [6.07, 6.45) is 8.79. The first-order valence-electron chi connectivity index (χ1n) is 9.31. The van der Waals surface area contributed by atoms with Crippen LogP contribution < -0.4 is 0 Å². The third-order valence-corrected chi connectivity index (χ3v) is 4.68. The van der Waals surface area contributed by atoms with Crippen LogP contribution in [0.1, 0.15) is 37.9 Å². The van der Waals surface area contributed by atoms with Crippen LogP contribution in [0.15, 0.2) is 59.7 Å². The molecule has 2 aromatic rings. The Morgan fingerprint density at radius 3 is 2.63 bits per heavy atom. The van der Waals surface area contributed by atoms with Gasteiger partial charge in [0.05, 0.1) is 5.52 Å². The van der Waals surface area contributed by atoms with Gasteiger partial charge in [-0.2, -0.15) is 0 Å². The van der Waals surface area contributed by atoms with E-state index in [0.717, 1.165) is 22.2 Å². The zero-order chi connectivity index (χ0) is 19.4. The van der Waals surface area contributed by atoms with Gasteiger partial charge in [0.2, 0.25) is 0 Å². The minimum atomic E-state index is -0.187. The van der Waals surface area contributed by atoms with Gasteiger partial charge in [0.1, 0.15) is 0 Å². The molecular weight excluding hydrogens is 336 g/mol. The molecule has 1 aromatic heterocycles. The summed E-state index contributed by atoms with van der Waals surface area (Å²) >= 11 is 0. The van der Waals surface area contributed by atoms with Gasteiger partial charge in [-0.3, -0.25) is 19.5 Å². The molecule has 1 aliphatic heterocycles. The zero-order valence-corrected chi connectivity index (χ0v) is 16.0. The van der Waals surface area contributed by atoms with Crippen molar-refractivity contribution in [2.45, 2.75) is 33.6 Å². The Morgan fingerprint density at radius 1 is 1.11 bits per heavy atom. The number of pyridine rings is 1. The lowest BCUT2D eigenvalue weighted by atomic mass is 10.1. The van der Waals surface area contributed by atoms with Gasteiger partial charge < -0.3 is 0 Å². The van der Waals surface area contributed by atoms with Gasteiger partial charge >= 0.3 is 0 Å². The minimum Gasteiger partial charge on any atom is -0.274 e. The highest BCUT2D eigenvalue weighted by Gasteiger charge is 2.34. The number of imide groups is 1. The molecule has 1 aromatic carbocycles. The van der Waals surface area contributed by atoms with E-state index in [1.807, 2.05) is 57.2 Å². The number of aromatic nitrogens is 1. The van der Waals surface area contributed by atoms with E-state index in [2.05, 4.69) is 11.1 Å². The number of fused-ring (bicyclic) bond motifs is 1. The monoisotopic (exact) mass is 360 g/mol. The molecule has 0 N–H and O–H groups in total. The number of hydrogen-bond donors (Lipinski definition) is 0. The average Bonchev–Trinajstić information content (AvgIpc) is 2.88. The number of nitrogens with zero attached hydrogens (tertiary/aromatic N) is 2. The summed E-state index contributed by atoms with van der Waals surface area (Å²) in [6.45, 7) is 6.13. The Balaban J connectivity index is 1.73. The lowest BCUT2D eigenvalue weighted by Crippen LogP contribution is -2.32. The number of allylic oxidation sites excluding steroid dienone is 1. The first-order chi connectivity index (χ1) is 13.1. The molecule has 1 aliphatic rings. The largest absolute Gasteiger partial charge is 0.274 e. The van der Waals surface area contributed by atoms with Crippen molar-refractivity contribution >= 4 is 28.8 Å². The molecule has 3 rings (SSSR count). The highest BCUT2D eigenvalue weighted by molar-refractivity contribution is 6.20. The summed E-state index contributed by atoms with van der Waals surface area (Å²) in [5.41, 5.74) is 4.17. The quantitative estimate of drug-likeness (QED) is 0.708. The van der Waals surface area contributed by atoms with Crippen LogP contribution in [0.4, 0.5) is 0 Å². The highest BCUT2D eigenvalue weighted by atomic mass is 16.2. The summed E-state index contributed by atoms with van der Waals surface area (Å²) in [5, 5.41) is 1.10. The van der Waals surface area contributed by atoms with E-state index < -0.39 is 0 Å². The first kappa shape index (κ1) is 18.8. The maximum absolute atomic E-state index is 12.5. The smallest absolute Gasteiger partial charge is 0.261 e. The van der Waals surface area contributed by atoms with E-state index in [4.69, 9.17) is 0 Å². The Morgan fingerprint density at radius 2 is 1.89 bits per heavy atom. The van der Waals surface area contributed by atoms with E-state index in [0.29, 0.717) is 30.5 Å². The van der Waals surface area contributed by atoms with E-state index in [1.165, 1.54) is 4.90 Å². The van der Waals surface area contributed by atoms with Crippen molar-refractivity contribution in [3.05, 3.63) is 71.0 Å². The van der Waals surface area contributed by atoms with Crippen LogP contribution in [-0.2, 0) is 9.59 Å². The molecule has 138 valence electrons. The molecule has 0 fully saturated rings. The fourth-order valence-corrected chi connectivity index (χ4v) is 3.42. The Hall–Kier alpha value is -3.01. The predicted molar refractivity (Wildman–Crippen MR) is 109 cm³/mol. The standard InChI is InChI=1S/C23H24N2O2/c1-4-10-20-18(5-2)22(26)25(23(20)27)14-9-8-11-17-15-16(3)24-21-13-7-6-12-19(17)21/h4,6-8,10-13,15H,5,9,14H2,1-3H3/b10-4-,11-8+. The van der Waals surface area contributed by atoms with Gasteiger partial charge in [-0.25, -0.2) is 0 Å². The molecule has 0 unspecified atom stereocenters. The van der Waals surface area contributed by atoms with E-state index in [1.54, 1.807) is 12.2 Å². The van der Waals surface area contributed by atoms with Gasteiger partial charge in [-0.15, -0.1) is 0 Å². The summed E-state index contributed by atoms with van der Waals surface area (Å²) in [5.74, 6) is -0.345. The van der Waals surface area contributed by atoms with E-state index in [-0.39, 0.29) is 11.8 Å². The van der Waals surface area contributed by atoms with Crippen LogP contribution in [-0.4, -0.2) is 28.2 Å². The Labute approximate surface area is 159 Å². The summed E-state index contributed by atoms with van der Waals surface area (Å²) in [6, 6.07) is 10.1. The van der Waals surface area contributed by atoms with Gasteiger partial charge in [-0.1, -0.05) is 49.4 Å². The third kappa shape index (κ3) is 3.75. The second-order valence-electron chi connectivity index (χ2n) is 6.57. The molecule has 0 atom stereocenters. The molecule has 0 bridgehead atoms. The lowest BCUT2D eigenvalue weighted by Gasteiger charge is -2.13. The van der Waals surface area contributed by atoms with Gasteiger partial charge in [-0.05, 0) is 44.4 Å². The van der Waals surface area contributed by atoms with E-state index >= 15 is 0 Å². The highest BCUT2D eigenvalue weighted by Crippen LogP contribution is 2.25. The number of hydrogen-bond acceptors (Lipinski definition) is 3. The maximum atomic E-state index is 12.5. The number of carbonyl (C=O) groups excluding carboxylic acids is 2. The molecule has 27 heavy (non-hydrogen) atoms. The minimum absolute atomic E-state index is 0.158. The number of amides is 2. The Bertz CT molecular complexity index is 983. The van der Waals surface area contributed by atoms with Gasteiger partial charge in [0.15, 0.2) is 0 Å². The van der Waals surface area contributed by atoms with Crippen molar-refractivity contribution < 1.29 is 9.59 Å². The number of para-hydroxylation sites is 1. The van der Waals surface area contributed by atoms with Crippen molar-refractivity contribution in [2.75, 3.05) is 6.54 Å². The van der Waals surface area contributed by atoms with Crippen LogP contribution in [0, 0.1) is 6.92 Å². The van der Waals surface area contributed by atoms with Crippen LogP contribution >= 0.6 is 0 Å². The number of carbonyl (C=O) groups is 2. The van der Waals surface area contributed by atoms with Crippen molar-refractivity contribution in [1.29, 1.82) is 0 Å². The van der Waals surface area contributed by atoms with Gasteiger partial charge in [0, 0.05) is 28.8 Å². The second kappa shape index (κ2) is 8.12. The fraction of sp³-hybridized carbons (Fsp3) is 0.261. The summed E-state index contributed by atoms with van der Waals surface area (Å²) in [7, 11) is 0. The van der Waals surface area contributed by atoms with Crippen LogP contribution in [0.25, 0.3) is 17.0 Å². The van der Waals surface area contributed by atoms with Gasteiger partial charge in [0.25, 0.3) is 11.8 Å². The lowest BCUT2D eigenvalue weighted by molar-refractivity contribution is -0.137. The predicted octanol–water partition coefficient (Wildman–Crippen LogP) is 4.60. The summed E-state index contributed by atoms with van der Waals surface area (Å²) in [4.78, 5) is 30.9. The number of benzene rings is 1. The SMILES string of the molecule is C/C=C\C1=C(CC)C(=O)N(CC/C=C/c2cc(C)nc3ccccc23)C1=O. The molecule has 4 heteroatoms. The Kier molecular flexibility index (Phi) is 5.65.